The van der Waals surface area contributed by atoms with Crippen molar-refractivity contribution < 1.29 is 9.18 Å². The Balaban J connectivity index is 1.54. The summed E-state index contributed by atoms with van der Waals surface area (Å²) in [5.41, 5.74) is 1.62. The van der Waals surface area contributed by atoms with Crippen LogP contribution in [-0.4, -0.2) is 37.4 Å². The molecule has 0 bridgehead atoms. The molecule has 0 saturated heterocycles. The Labute approximate surface area is 177 Å². The number of carbonyl (C=O) groups excluding carboxylic acids is 1. The Morgan fingerprint density at radius 2 is 2.21 bits per heavy atom. The second-order valence-electron chi connectivity index (χ2n) is 6.82. The molecule has 5 nitrogen and oxygen atoms in total. The van der Waals surface area contributed by atoms with Gasteiger partial charge in [0.2, 0.25) is 5.91 Å². The van der Waals surface area contributed by atoms with E-state index in [0.29, 0.717) is 29.6 Å². The Bertz CT molecular complexity index is 1040. The van der Waals surface area contributed by atoms with Crippen LogP contribution in [-0.2, 0) is 24.3 Å². The first-order valence-corrected chi connectivity index (χ1v) is 11.1. The quantitative estimate of drug-likeness (QED) is 0.431. The van der Waals surface area contributed by atoms with Gasteiger partial charge in [-0.05, 0) is 42.5 Å². The van der Waals surface area contributed by atoms with Gasteiger partial charge in [-0.25, -0.2) is 4.39 Å². The molecule has 3 aromatic rings. The Morgan fingerprint density at radius 1 is 1.38 bits per heavy atom. The summed E-state index contributed by atoms with van der Waals surface area (Å²) < 4.78 is 16.1. The lowest BCUT2D eigenvalue weighted by Crippen LogP contribution is -2.39. The largest absolute Gasteiger partial charge is 0.337 e. The summed E-state index contributed by atoms with van der Waals surface area (Å²) in [4.78, 5) is 16.3. The third kappa shape index (κ3) is 4.00. The molecule has 0 N–H and O–H groups in total. The van der Waals surface area contributed by atoms with E-state index in [4.69, 9.17) is 0 Å². The normalized spacial score (nSPS) is 14.5. The van der Waals surface area contributed by atoms with E-state index < -0.39 is 0 Å². The van der Waals surface area contributed by atoms with Crippen LogP contribution in [0.2, 0.25) is 0 Å². The van der Waals surface area contributed by atoms with Crippen LogP contribution in [0.3, 0.4) is 0 Å². The van der Waals surface area contributed by atoms with Crippen molar-refractivity contribution in [2.45, 2.75) is 36.8 Å². The number of hydrogen-bond donors (Lipinski definition) is 0. The summed E-state index contributed by atoms with van der Waals surface area (Å²) in [6.45, 7) is 7.49. The number of nitrogens with zero attached hydrogens (tertiary/aromatic N) is 4. The van der Waals surface area contributed by atoms with E-state index >= 15 is 0 Å². The molecule has 150 valence electrons. The fourth-order valence-electron chi connectivity index (χ4n) is 3.41. The maximum Gasteiger partial charge on any atom is 0.236 e. The Kier molecular flexibility index (Phi) is 5.82. The van der Waals surface area contributed by atoms with E-state index in [1.54, 1.807) is 40.2 Å². The van der Waals surface area contributed by atoms with Crippen molar-refractivity contribution in [2.24, 2.45) is 0 Å². The highest BCUT2D eigenvalue weighted by Crippen LogP contribution is 2.30. The van der Waals surface area contributed by atoms with Gasteiger partial charge in [0.25, 0.3) is 0 Å². The van der Waals surface area contributed by atoms with Crippen molar-refractivity contribution >= 4 is 29.0 Å². The van der Waals surface area contributed by atoms with Gasteiger partial charge in [0.15, 0.2) is 11.0 Å². The van der Waals surface area contributed by atoms with Gasteiger partial charge in [-0.2, -0.15) is 0 Å². The second-order valence-corrected chi connectivity index (χ2v) is 9.13. The monoisotopic (exact) mass is 428 g/mol. The maximum atomic E-state index is 14.3. The molecule has 8 heteroatoms. The molecule has 0 spiro atoms. The maximum absolute atomic E-state index is 14.3. The minimum absolute atomic E-state index is 0.0763. The average molecular weight is 429 g/mol. The van der Waals surface area contributed by atoms with E-state index in [9.17, 15) is 9.18 Å². The number of rotatable bonds is 6. The van der Waals surface area contributed by atoms with E-state index in [-0.39, 0.29) is 17.0 Å². The predicted octanol–water partition coefficient (Wildman–Crippen LogP) is 4.40. The molecule has 0 radical (unpaired) electrons. The molecule has 1 aromatic carbocycles. The molecule has 3 heterocycles. The number of allylic oxidation sites excluding steroid dienone is 1. The lowest BCUT2D eigenvalue weighted by molar-refractivity contribution is -0.131. The molecule has 1 unspecified atom stereocenters. The second kappa shape index (κ2) is 8.51. The molecule has 0 fully saturated rings. The Morgan fingerprint density at radius 3 is 3.00 bits per heavy atom. The van der Waals surface area contributed by atoms with E-state index in [1.165, 1.54) is 28.3 Å². The highest BCUT2D eigenvalue weighted by molar-refractivity contribution is 8.00. The van der Waals surface area contributed by atoms with Crippen molar-refractivity contribution in [3.63, 3.8) is 0 Å². The molecule has 29 heavy (non-hydrogen) atoms. The zero-order valence-corrected chi connectivity index (χ0v) is 17.7. The number of thiophene rings is 1. The lowest BCUT2D eigenvalue weighted by Gasteiger charge is -2.29. The average Bonchev–Trinajstić information content (AvgIpc) is 3.35. The van der Waals surface area contributed by atoms with Gasteiger partial charge in [-0.3, -0.25) is 9.36 Å². The minimum Gasteiger partial charge on any atom is -0.337 e. The van der Waals surface area contributed by atoms with Gasteiger partial charge in [0.1, 0.15) is 5.82 Å². The first-order valence-electron chi connectivity index (χ1n) is 9.38. The van der Waals surface area contributed by atoms with Crippen LogP contribution in [0.1, 0.15) is 17.4 Å². The summed E-state index contributed by atoms with van der Waals surface area (Å²) in [6, 6.07) is 8.57. The summed E-state index contributed by atoms with van der Waals surface area (Å²) in [7, 11) is 0. The smallest absolute Gasteiger partial charge is 0.236 e. The summed E-state index contributed by atoms with van der Waals surface area (Å²) >= 11 is 3.10. The summed E-state index contributed by atoms with van der Waals surface area (Å²) in [5.74, 6) is 0.157. The topological polar surface area (TPSA) is 51.0 Å². The van der Waals surface area contributed by atoms with Crippen LogP contribution < -0.4 is 0 Å². The fourth-order valence-corrected chi connectivity index (χ4v) is 5.25. The van der Waals surface area contributed by atoms with Crippen molar-refractivity contribution in [1.82, 2.24) is 19.7 Å². The molecule has 2 aromatic heterocycles. The van der Waals surface area contributed by atoms with Crippen molar-refractivity contribution in [3.05, 3.63) is 64.6 Å². The first-order chi connectivity index (χ1) is 14.1. The van der Waals surface area contributed by atoms with Gasteiger partial charge in [0, 0.05) is 24.5 Å². The van der Waals surface area contributed by atoms with Crippen LogP contribution in [0.15, 0.2) is 53.5 Å². The summed E-state index contributed by atoms with van der Waals surface area (Å²) in [5, 5.41) is 10.8. The van der Waals surface area contributed by atoms with E-state index in [2.05, 4.69) is 28.2 Å². The molecule has 1 aliphatic rings. The molecule has 0 aliphatic carbocycles. The van der Waals surface area contributed by atoms with Gasteiger partial charge >= 0.3 is 0 Å². The van der Waals surface area contributed by atoms with Crippen LogP contribution in [0, 0.1) is 5.82 Å². The number of amides is 1. The molecule has 0 saturated carbocycles. The number of thioether (sulfide) groups is 1. The molecule has 4 rings (SSSR count). The predicted molar refractivity (Wildman–Crippen MR) is 114 cm³/mol. The zero-order chi connectivity index (χ0) is 20.4. The number of fused-ring (bicyclic) bond motifs is 1. The number of hydrogen-bond acceptors (Lipinski definition) is 5. The third-order valence-electron chi connectivity index (χ3n) is 4.89. The summed E-state index contributed by atoms with van der Waals surface area (Å²) in [6.07, 6.45) is 2.62. The van der Waals surface area contributed by atoms with E-state index in [1.807, 2.05) is 11.8 Å². The van der Waals surface area contributed by atoms with Gasteiger partial charge in [-0.15, -0.1) is 28.1 Å². The molecule has 1 atom stereocenters. The van der Waals surface area contributed by atoms with Gasteiger partial charge in [-0.1, -0.05) is 30.0 Å². The molecular formula is C21H21FN4OS2. The number of benzene rings is 1. The highest BCUT2D eigenvalue weighted by Gasteiger charge is 2.28. The Hall–Kier alpha value is -2.45. The van der Waals surface area contributed by atoms with Crippen molar-refractivity contribution in [1.29, 1.82) is 0 Å². The lowest BCUT2D eigenvalue weighted by atomic mass is 10.1. The van der Waals surface area contributed by atoms with Crippen LogP contribution in [0.25, 0.3) is 11.4 Å². The number of halogens is 1. The zero-order valence-electron chi connectivity index (χ0n) is 16.0. The molecule has 1 amide bonds. The third-order valence-corrected chi connectivity index (χ3v) is 6.98. The molecule has 1 aliphatic heterocycles. The van der Waals surface area contributed by atoms with Gasteiger partial charge < -0.3 is 4.90 Å². The first kappa shape index (κ1) is 19.8. The SMILES string of the molecule is C=CCn1c(SC(C)C(=O)N2CCc3sccc3C2)nnc1-c1ccccc1F. The van der Waals surface area contributed by atoms with Crippen molar-refractivity contribution in [3.8, 4) is 11.4 Å². The standard InChI is InChI=1S/C21H21FN4OS2/c1-3-10-26-19(16-6-4-5-7-17(16)22)23-24-21(26)29-14(2)20(27)25-11-8-18-15(13-25)9-12-28-18/h3-7,9,12,14H,1,8,10-11,13H2,2H3. The number of carbonyl (C=O) groups is 1. The van der Waals surface area contributed by atoms with Gasteiger partial charge in [0.05, 0.1) is 10.8 Å². The van der Waals surface area contributed by atoms with Crippen LogP contribution in [0.4, 0.5) is 4.39 Å². The fraction of sp³-hybridized carbons (Fsp3) is 0.286. The van der Waals surface area contributed by atoms with E-state index in [0.717, 1.165) is 13.0 Å². The van der Waals surface area contributed by atoms with Crippen LogP contribution >= 0.6 is 23.1 Å². The highest BCUT2D eigenvalue weighted by atomic mass is 32.2. The molecular weight excluding hydrogens is 407 g/mol. The number of aromatic nitrogens is 3. The van der Waals surface area contributed by atoms with Crippen LogP contribution in [0.5, 0.6) is 0 Å². The minimum atomic E-state index is -0.356. The van der Waals surface area contributed by atoms with Crippen molar-refractivity contribution in [2.75, 3.05) is 6.54 Å².